The summed E-state index contributed by atoms with van der Waals surface area (Å²) < 4.78 is 40.9. The number of rotatable bonds is 24. The fraction of sp³-hybridized carbons (Fsp3) is 0.897. The summed E-state index contributed by atoms with van der Waals surface area (Å²) in [6.07, 6.45) is 10.3. The van der Waals surface area contributed by atoms with Crippen LogP contribution in [0.5, 0.6) is 0 Å². The lowest BCUT2D eigenvalue weighted by atomic mass is 10.1. The lowest BCUT2D eigenvalue weighted by molar-refractivity contribution is -0.144. The van der Waals surface area contributed by atoms with Gasteiger partial charge in [-0.05, 0) is 89.1 Å². The molecule has 3 rings (SSSR count). The second-order valence-corrected chi connectivity index (χ2v) is 21.4. The Hall–Kier alpha value is -1.07. The van der Waals surface area contributed by atoms with E-state index in [2.05, 4.69) is 83.7 Å². The van der Waals surface area contributed by atoms with Crippen LogP contribution in [-0.2, 0) is 32.2 Å². The summed E-state index contributed by atoms with van der Waals surface area (Å²) in [5.41, 5.74) is 0.555. The predicted octanol–water partition coefficient (Wildman–Crippen LogP) is 9.45. The maximum absolute atomic E-state index is 12.4. The molecule has 286 valence electrons. The average molecular weight is 737 g/mol. The zero-order valence-electron chi connectivity index (χ0n) is 32.8. The number of hydrogen-bond acceptors (Lipinski definition) is 8. The van der Waals surface area contributed by atoms with Crippen LogP contribution < -0.4 is 0 Å². The molecule has 0 N–H and O–H groups in total. The van der Waals surface area contributed by atoms with Gasteiger partial charge in [0, 0.05) is 44.4 Å². The molecule has 1 heterocycles. The maximum atomic E-state index is 12.4. The van der Waals surface area contributed by atoms with Gasteiger partial charge in [0.2, 0.25) is 6.54 Å². The standard InChI is InChI=1S/C39H69N2O7PSi/c1-29(2)41(30(3)4)49(44-25-23-40-10)48-37-26-33(9)47-38(37)28-46-50(31(5)6,32(7)8)45-24-19-15-11-12-18-22-39(42)43-27-36-34-20-16-13-14-17-21-35(34)36/h29-38H,11-12,15-28H2,1-9H3/t33-,34-,35+,36?,37?,38+,49?/m0/s1. The third-order valence-corrected chi connectivity index (χ3v) is 17.1. The molecule has 0 bridgehead atoms. The van der Waals surface area contributed by atoms with Gasteiger partial charge < -0.3 is 32.2 Å². The van der Waals surface area contributed by atoms with E-state index < -0.39 is 17.1 Å². The Balaban J connectivity index is 1.41. The molecule has 1 saturated heterocycles. The number of carbonyl (C=O) groups excluding carboxylic acids is 1. The number of esters is 1. The van der Waals surface area contributed by atoms with Gasteiger partial charge in [0.15, 0.2) is 0 Å². The fourth-order valence-corrected chi connectivity index (χ4v) is 13.2. The molecule has 0 amide bonds. The van der Waals surface area contributed by atoms with Crippen LogP contribution in [0.3, 0.4) is 0 Å². The van der Waals surface area contributed by atoms with Crippen LogP contribution in [0.25, 0.3) is 4.85 Å². The summed E-state index contributed by atoms with van der Waals surface area (Å²) >= 11 is 0. The monoisotopic (exact) mass is 736 g/mol. The minimum atomic E-state index is -2.59. The van der Waals surface area contributed by atoms with Crippen molar-refractivity contribution >= 4 is 23.1 Å². The van der Waals surface area contributed by atoms with Gasteiger partial charge in [0.25, 0.3) is 8.53 Å². The largest absolute Gasteiger partial charge is 0.465 e. The molecule has 1 saturated carbocycles. The number of nitrogens with zero attached hydrogens (tertiary/aromatic N) is 2. The summed E-state index contributed by atoms with van der Waals surface area (Å²) in [6.45, 7) is 29.2. The Kier molecular flexibility index (Phi) is 19.3. The van der Waals surface area contributed by atoms with Crippen LogP contribution in [0.15, 0.2) is 0 Å². The molecule has 0 radical (unpaired) electrons. The first-order valence-corrected chi connectivity index (χ1v) is 22.8. The molecule has 0 aromatic rings. The maximum Gasteiger partial charge on any atom is 0.343 e. The number of carbonyl (C=O) groups is 1. The first kappa shape index (κ1) is 43.3. The molecule has 0 spiro atoms. The molecule has 0 aromatic carbocycles. The Morgan fingerprint density at radius 3 is 2.12 bits per heavy atom. The molecule has 7 atom stereocenters. The smallest absolute Gasteiger partial charge is 0.343 e. The molecule has 1 aliphatic heterocycles. The first-order chi connectivity index (χ1) is 23.9. The van der Waals surface area contributed by atoms with Crippen molar-refractivity contribution in [3.63, 3.8) is 0 Å². The molecule has 3 aliphatic rings. The van der Waals surface area contributed by atoms with Gasteiger partial charge in [-0.15, -0.1) is 11.8 Å². The van der Waals surface area contributed by atoms with Crippen molar-refractivity contribution in [3.05, 3.63) is 11.4 Å². The number of unbranched alkanes of at least 4 members (excludes halogenated alkanes) is 4. The van der Waals surface area contributed by atoms with Crippen molar-refractivity contribution in [2.24, 2.45) is 17.8 Å². The van der Waals surface area contributed by atoms with Crippen LogP contribution in [0.1, 0.15) is 133 Å². The van der Waals surface area contributed by atoms with E-state index in [0.29, 0.717) is 45.3 Å². The normalized spacial score (nSPS) is 25.7. The van der Waals surface area contributed by atoms with E-state index in [4.69, 9.17) is 33.9 Å². The van der Waals surface area contributed by atoms with Gasteiger partial charge in [0.05, 0.1) is 25.4 Å². The highest BCUT2D eigenvalue weighted by Crippen LogP contribution is 2.52. The third kappa shape index (κ3) is 13.4. The van der Waals surface area contributed by atoms with Crippen molar-refractivity contribution < 1.29 is 32.2 Å². The van der Waals surface area contributed by atoms with E-state index in [-0.39, 0.29) is 47.4 Å². The molecule has 50 heavy (non-hydrogen) atoms. The van der Waals surface area contributed by atoms with E-state index in [0.717, 1.165) is 76.0 Å². The Labute approximate surface area is 307 Å². The second kappa shape index (κ2) is 22.2. The molecule has 0 aromatic heterocycles. The van der Waals surface area contributed by atoms with Gasteiger partial charge in [-0.25, -0.2) is 11.2 Å². The third-order valence-electron chi connectivity index (χ3n) is 10.5. The van der Waals surface area contributed by atoms with Gasteiger partial charge in [0.1, 0.15) is 12.7 Å². The first-order valence-electron chi connectivity index (χ1n) is 19.7. The van der Waals surface area contributed by atoms with E-state index in [1.165, 1.54) is 0 Å². The van der Waals surface area contributed by atoms with E-state index in [1.54, 1.807) is 0 Å². The number of ether oxygens (including phenoxy) is 2. The van der Waals surface area contributed by atoms with Crippen molar-refractivity contribution in [2.75, 3.05) is 33.0 Å². The highest BCUT2D eigenvalue weighted by molar-refractivity contribution is 7.44. The molecular weight excluding hydrogens is 667 g/mol. The summed E-state index contributed by atoms with van der Waals surface area (Å²) in [7, 11) is -3.95. The quantitative estimate of drug-likeness (QED) is 0.0242. The molecule has 2 aliphatic carbocycles. The van der Waals surface area contributed by atoms with Gasteiger partial charge in [-0.2, -0.15) is 0 Å². The van der Waals surface area contributed by atoms with Crippen molar-refractivity contribution in [1.82, 2.24) is 4.67 Å². The topological polar surface area (TPSA) is 80.1 Å². The van der Waals surface area contributed by atoms with Crippen LogP contribution in [0, 0.1) is 36.2 Å². The lowest BCUT2D eigenvalue weighted by Gasteiger charge is -2.39. The van der Waals surface area contributed by atoms with Gasteiger partial charge in [-0.1, -0.05) is 47.0 Å². The second-order valence-electron chi connectivity index (χ2n) is 15.7. The average Bonchev–Trinajstić information content (AvgIpc) is 3.54. The Morgan fingerprint density at radius 1 is 0.900 bits per heavy atom. The van der Waals surface area contributed by atoms with Crippen LogP contribution >= 0.6 is 8.53 Å². The van der Waals surface area contributed by atoms with Crippen LogP contribution in [0.4, 0.5) is 0 Å². The highest BCUT2D eigenvalue weighted by Gasteiger charge is 2.49. The number of fused-ring (bicyclic) bond motifs is 1. The molecule has 3 unspecified atom stereocenters. The zero-order valence-corrected chi connectivity index (χ0v) is 34.7. The lowest BCUT2D eigenvalue weighted by Crippen LogP contribution is -2.50. The predicted molar refractivity (Wildman–Crippen MR) is 204 cm³/mol. The van der Waals surface area contributed by atoms with Gasteiger partial charge in [-0.3, -0.25) is 4.79 Å². The van der Waals surface area contributed by atoms with Crippen molar-refractivity contribution in [1.29, 1.82) is 0 Å². The minimum Gasteiger partial charge on any atom is -0.465 e. The van der Waals surface area contributed by atoms with Crippen molar-refractivity contribution in [2.45, 2.75) is 174 Å². The summed E-state index contributed by atoms with van der Waals surface area (Å²) in [5.74, 6) is 8.45. The summed E-state index contributed by atoms with van der Waals surface area (Å²) in [6, 6.07) is 0.477. The molecule has 11 heteroatoms. The van der Waals surface area contributed by atoms with Crippen molar-refractivity contribution in [3.8, 4) is 11.8 Å². The minimum absolute atomic E-state index is 0.0414. The molecule has 9 nitrogen and oxygen atoms in total. The molecular formula is C39H69N2O7PSi. The summed E-state index contributed by atoms with van der Waals surface area (Å²) in [5, 5.41) is 0. The fourth-order valence-electron chi connectivity index (χ4n) is 7.85. The highest BCUT2D eigenvalue weighted by atomic mass is 31.2. The summed E-state index contributed by atoms with van der Waals surface area (Å²) in [4.78, 5) is 15.8. The molecule has 2 fully saturated rings. The van der Waals surface area contributed by atoms with E-state index >= 15 is 0 Å². The van der Waals surface area contributed by atoms with Crippen LogP contribution in [-0.4, -0.2) is 82.6 Å². The van der Waals surface area contributed by atoms with Gasteiger partial charge >= 0.3 is 14.5 Å². The zero-order chi connectivity index (χ0) is 36.7. The Morgan fingerprint density at radius 2 is 1.52 bits per heavy atom. The Bertz CT molecular complexity index is 1070. The van der Waals surface area contributed by atoms with E-state index in [1.807, 2.05) is 0 Å². The number of hydrogen-bond donors (Lipinski definition) is 0. The van der Waals surface area contributed by atoms with E-state index in [9.17, 15) is 4.79 Å². The van der Waals surface area contributed by atoms with Crippen LogP contribution in [0.2, 0.25) is 11.1 Å². The SMILES string of the molecule is [C-]#[N+]CCOP(OC1C[C@H](C)O[C@@H]1CO[Si](OCCCCCCCC(=O)OCC1[C@H]2CCC#CCC[C@@H]12)(C(C)C)C(C)C)N(C(C)C)C(C)C.